The maximum absolute atomic E-state index is 10.4. The van der Waals surface area contributed by atoms with Crippen LogP contribution in [0.5, 0.6) is 5.75 Å². The van der Waals surface area contributed by atoms with Gasteiger partial charge in [0.05, 0.1) is 5.60 Å². The molecule has 2 rings (SSSR count). The number of benzene rings is 1. The fourth-order valence-corrected chi connectivity index (χ4v) is 2.50. The van der Waals surface area contributed by atoms with E-state index in [9.17, 15) is 10.2 Å². The standard InChI is InChI=1S/C15H23NO3/c1-2-13(12-5-3-4-6-14(12)17)16-11-15(18)7-9-19-10-8-15/h3-6,13,16-18H,2,7-11H2,1H3. The molecule has 4 nitrogen and oxygen atoms in total. The first-order valence-electron chi connectivity index (χ1n) is 6.96. The van der Waals surface area contributed by atoms with E-state index in [0.717, 1.165) is 12.0 Å². The average Bonchev–Trinajstić information content (AvgIpc) is 2.42. The number of aromatic hydroxyl groups is 1. The number of hydrogen-bond donors (Lipinski definition) is 3. The Morgan fingerprint density at radius 2 is 2.00 bits per heavy atom. The lowest BCUT2D eigenvalue weighted by molar-refractivity contribution is -0.0629. The number of nitrogens with one attached hydrogen (secondary N) is 1. The van der Waals surface area contributed by atoms with Gasteiger partial charge in [-0.3, -0.25) is 0 Å². The lowest BCUT2D eigenvalue weighted by atomic mass is 9.93. The highest BCUT2D eigenvalue weighted by molar-refractivity contribution is 5.34. The Morgan fingerprint density at radius 3 is 2.63 bits per heavy atom. The van der Waals surface area contributed by atoms with Gasteiger partial charge in [-0.05, 0) is 12.5 Å². The summed E-state index contributed by atoms with van der Waals surface area (Å²) in [5.41, 5.74) is 0.205. The molecular weight excluding hydrogens is 242 g/mol. The Morgan fingerprint density at radius 1 is 1.32 bits per heavy atom. The van der Waals surface area contributed by atoms with Gasteiger partial charge in [-0.25, -0.2) is 0 Å². The van der Waals surface area contributed by atoms with Crippen molar-refractivity contribution >= 4 is 0 Å². The molecule has 0 bridgehead atoms. The van der Waals surface area contributed by atoms with Crippen molar-refractivity contribution in [1.82, 2.24) is 5.32 Å². The molecule has 0 saturated carbocycles. The van der Waals surface area contributed by atoms with Crippen molar-refractivity contribution in [2.45, 2.75) is 37.8 Å². The molecule has 0 spiro atoms. The van der Waals surface area contributed by atoms with Gasteiger partial charge in [-0.1, -0.05) is 25.1 Å². The number of rotatable bonds is 5. The van der Waals surface area contributed by atoms with Crippen molar-refractivity contribution < 1.29 is 14.9 Å². The third kappa shape index (κ3) is 3.69. The molecule has 19 heavy (non-hydrogen) atoms. The van der Waals surface area contributed by atoms with Crippen molar-refractivity contribution in [1.29, 1.82) is 0 Å². The molecule has 0 amide bonds. The van der Waals surface area contributed by atoms with Gasteiger partial charge < -0.3 is 20.3 Å². The zero-order valence-corrected chi connectivity index (χ0v) is 11.4. The molecule has 1 fully saturated rings. The zero-order chi connectivity index (χ0) is 13.7. The molecule has 1 saturated heterocycles. The lowest BCUT2D eigenvalue weighted by Crippen LogP contribution is -2.45. The SMILES string of the molecule is CCC(NCC1(O)CCOCC1)c1ccccc1O. The lowest BCUT2D eigenvalue weighted by Gasteiger charge is -2.34. The van der Waals surface area contributed by atoms with E-state index in [-0.39, 0.29) is 6.04 Å². The molecule has 1 aromatic rings. The Balaban J connectivity index is 1.98. The van der Waals surface area contributed by atoms with E-state index >= 15 is 0 Å². The third-order valence-corrected chi connectivity index (χ3v) is 3.82. The van der Waals surface area contributed by atoms with Crippen molar-refractivity contribution in [3.8, 4) is 5.75 Å². The number of phenolic OH excluding ortho intramolecular Hbond substituents is 1. The minimum Gasteiger partial charge on any atom is -0.508 e. The van der Waals surface area contributed by atoms with E-state index in [1.54, 1.807) is 6.07 Å². The summed E-state index contributed by atoms with van der Waals surface area (Å²) >= 11 is 0. The molecule has 0 aliphatic carbocycles. The molecule has 1 unspecified atom stereocenters. The maximum Gasteiger partial charge on any atom is 0.120 e. The summed E-state index contributed by atoms with van der Waals surface area (Å²) in [5.74, 6) is 0.306. The highest BCUT2D eigenvalue weighted by atomic mass is 16.5. The van der Waals surface area contributed by atoms with E-state index in [1.807, 2.05) is 18.2 Å². The molecular formula is C15H23NO3. The van der Waals surface area contributed by atoms with Crippen LogP contribution in [0.15, 0.2) is 24.3 Å². The second-order valence-corrected chi connectivity index (χ2v) is 5.24. The van der Waals surface area contributed by atoms with Crippen LogP contribution in [-0.4, -0.2) is 35.6 Å². The maximum atomic E-state index is 10.4. The Kier molecular flexibility index (Phi) is 4.80. The molecule has 3 N–H and O–H groups in total. The molecule has 0 radical (unpaired) electrons. The van der Waals surface area contributed by atoms with Crippen LogP contribution in [0.1, 0.15) is 37.8 Å². The van der Waals surface area contributed by atoms with Gasteiger partial charge in [-0.15, -0.1) is 0 Å². The topological polar surface area (TPSA) is 61.7 Å². The van der Waals surface area contributed by atoms with Crippen molar-refractivity contribution in [2.24, 2.45) is 0 Å². The average molecular weight is 265 g/mol. The van der Waals surface area contributed by atoms with E-state index in [0.29, 0.717) is 38.3 Å². The Bertz CT molecular complexity index is 402. The second kappa shape index (κ2) is 6.37. The third-order valence-electron chi connectivity index (χ3n) is 3.82. The van der Waals surface area contributed by atoms with Crippen molar-refractivity contribution in [3.05, 3.63) is 29.8 Å². The summed E-state index contributed by atoms with van der Waals surface area (Å²) in [6.07, 6.45) is 2.19. The van der Waals surface area contributed by atoms with Gasteiger partial charge in [0.2, 0.25) is 0 Å². The molecule has 1 aliphatic heterocycles. The Hall–Kier alpha value is -1.10. The normalized spacial score (nSPS) is 20.1. The minimum atomic E-state index is -0.684. The summed E-state index contributed by atoms with van der Waals surface area (Å²) in [6.45, 7) is 3.83. The fraction of sp³-hybridized carbons (Fsp3) is 0.600. The van der Waals surface area contributed by atoms with Crippen LogP contribution < -0.4 is 5.32 Å². The summed E-state index contributed by atoms with van der Waals surface area (Å²) in [6, 6.07) is 7.42. The fourth-order valence-electron chi connectivity index (χ4n) is 2.50. The monoisotopic (exact) mass is 265 g/mol. The van der Waals surface area contributed by atoms with Gasteiger partial charge in [0.1, 0.15) is 5.75 Å². The summed E-state index contributed by atoms with van der Waals surface area (Å²) in [4.78, 5) is 0. The van der Waals surface area contributed by atoms with Gasteiger partial charge in [0.25, 0.3) is 0 Å². The van der Waals surface area contributed by atoms with Gasteiger partial charge in [0.15, 0.2) is 0 Å². The summed E-state index contributed by atoms with van der Waals surface area (Å²) in [7, 11) is 0. The number of aliphatic hydroxyl groups is 1. The van der Waals surface area contributed by atoms with Gasteiger partial charge >= 0.3 is 0 Å². The zero-order valence-electron chi connectivity index (χ0n) is 11.4. The van der Waals surface area contributed by atoms with Crippen LogP contribution in [0.2, 0.25) is 0 Å². The first kappa shape index (κ1) is 14.3. The molecule has 1 aromatic carbocycles. The number of phenols is 1. The Labute approximate surface area is 114 Å². The minimum absolute atomic E-state index is 0.0630. The summed E-state index contributed by atoms with van der Waals surface area (Å²) < 4.78 is 5.27. The molecule has 4 heteroatoms. The molecule has 0 aromatic heterocycles. The number of para-hydroxylation sites is 1. The van der Waals surface area contributed by atoms with Crippen molar-refractivity contribution in [3.63, 3.8) is 0 Å². The predicted molar refractivity (Wildman–Crippen MR) is 74.1 cm³/mol. The van der Waals surface area contributed by atoms with Crippen LogP contribution >= 0.6 is 0 Å². The quantitative estimate of drug-likeness (QED) is 0.762. The molecule has 1 aliphatic rings. The van der Waals surface area contributed by atoms with Crippen LogP contribution in [-0.2, 0) is 4.74 Å². The second-order valence-electron chi connectivity index (χ2n) is 5.24. The highest BCUT2D eigenvalue weighted by Gasteiger charge is 2.30. The van der Waals surface area contributed by atoms with Crippen LogP contribution in [0.25, 0.3) is 0 Å². The molecule has 1 heterocycles. The van der Waals surface area contributed by atoms with Gasteiger partial charge in [0, 0.05) is 44.2 Å². The first-order valence-corrected chi connectivity index (χ1v) is 6.96. The number of ether oxygens (including phenoxy) is 1. The van der Waals surface area contributed by atoms with Crippen LogP contribution in [0.3, 0.4) is 0 Å². The summed E-state index contributed by atoms with van der Waals surface area (Å²) in [5, 5.41) is 23.7. The van der Waals surface area contributed by atoms with Crippen LogP contribution in [0, 0.1) is 0 Å². The predicted octanol–water partition coefficient (Wildman–Crippen LogP) is 1.97. The molecule has 1 atom stereocenters. The first-order chi connectivity index (χ1) is 9.14. The highest BCUT2D eigenvalue weighted by Crippen LogP contribution is 2.27. The van der Waals surface area contributed by atoms with E-state index < -0.39 is 5.60 Å². The van der Waals surface area contributed by atoms with Gasteiger partial charge in [-0.2, -0.15) is 0 Å². The van der Waals surface area contributed by atoms with Crippen LogP contribution in [0.4, 0.5) is 0 Å². The smallest absolute Gasteiger partial charge is 0.120 e. The van der Waals surface area contributed by atoms with Crippen molar-refractivity contribution in [2.75, 3.05) is 19.8 Å². The van der Waals surface area contributed by atoms with E-state index in [2.05, 4.69) is 12.2 Å². The number of hydrogen-bond acceptors (Lipinski definition) is 4. The van der Waals surface area contributed by atoms with E-state index in [1.165, 1.54) is 0 Å². The largest absolute Gasteiger partial charge is 0.508 e. The van der Waals surface area contributed by atoms with E-state index in [4.69, 9.17) is 4.74 Å². The molecule has 106 valence electrons.